The number of pyridine rings is 1. The minimum atomic E-state index is -2.55. The van der Waals surface area contributed by atoms with E-state index >= 15 is 0 Å². The first kappa shape index (κ1) is 17.8. The van der Waals surface area contributed by atoms with Gasteiger partial charge in [0.2, 0.25) is 0 Å². The van der Waals surface area contributed by atoms with Crippen molar-refractivity contribution in [2.75, 3.05) is 67.2 Å². The standard InChI is InChI=1S/C18H22F2N6O/c19-18(20)15-11-14(1-2-21-15)24-3-5-25(6-4-24)16-12-17(23-13-22-16)26-7-9-27-10-8-26/h1-2,11-13,18H,3-10H2. The fourth-order valence-corrected chi connectivity index (χ4v) is 3.42. The molecule has 0 bridgehead atoms. The molecule has 0 atom stereocenters. The molecular formula is C18H22F2N6O. The number of morpholine rings is 1. The molecule has 0 aromatic carbocycles. The van der Waals surface area contributed by atoms with Crippen molar-refractivity contribution in [2.24, 2.45) is 0 Å². The van der Waals surface area contributed by atoms with Crippen LogP contribution in [0.4, 0.5) is 26.1 Å². The molecule has 2 aliphatic heterocycles. The smallest absolute Gasteiger partial charge is 0.280 e. The van der Waals surface area contributed by atoms with E-state index in [1.54, 1.807) is 12.4 Å². The largest absolute Gasteiger partial charge is 0.378 e. The molecule has 7 nitrogen and oxygen atoms in total. The lowest BCUT2D eigenvalue weighted by atomic mass is 10.2. The van der Waals surface area contributed by atoms with Crippen molar-refractivity contribution in [2.45, 2.75) is 6.43 Å². The Labute approximate surface area is 156 Å². The summed E-state index contributed by atoms with van der Waals surface area (Å²) in [5, 5.41) is 0. The summed E-state index contributed by atoms with van der Waals surface area (Å²) in [6.07, 6.45) is 0.498. The van der Waals surface area contributed by atoms with Gasteiger partial charge in [0.05, 0.1) is 13.2 Å². The van der Waals surface area contributed by atoms with Crippen LogP contribution in [0.3, 0.4) is 0 Å². The third kappa shape index (κ3) is 4.08. The average molecular weight is 376 g/mol. The van der Waals surface area contributed by atoms with E-state index < -0.39 is 6.43 Å². The van der Waals surface area contributed by atoms with E-state index in [0.717, 1.165) is 56.6 Å². The van der Waals surface area contributed by atoms with Gasteiger partial charge in [0, 0.05) is 57.2 Å². The minimum absolute atomic E-state index is 0.180. The van der Waals surface area contributed by atoms with E-state index in [1.165, 1.54) is 12.3 Å². The molecule has 0 N–H and O–H groups in total. The molecule has 2 aromatic heterocycles. The Morgan fingerprint density at radius 1 is 0.815 bits per heavy atom. The first-order valence-corrected chi connectivity index (χ1v) is 9.09. The zero-order valence-corrected chi connectivity index (χ0v) is 15.0. The number of rotatable bonds is 4. The van der Waals surface area contributed by atoms with Gasteiger partial charge < -0.3 is 19.4 Å². The summed E-state index contributed by atoms with van der Waals surface area (Å²) in [4.78, 5) is 19.1. The maximum absolute atomic E-state index is 12.9. The van der Waals surface area contributed by atoms with Gasteiger partial charge in [-0.1, -0.05) is 0 Å². The minimum Gasteiger partial charge on any atom is -0.378 e. The summed E-state index contributed by atoms with van der Waals surface area (Å²) >= 11 is 0. The lowest BCUT2D eigenvalue weighted by Crippen LogP contribution is -2.47. The number of piperazine rings is 1. The van der Waals surface area contributed by atoms with E-state index in [0.29, 0.717) is 13.2 Å². The highest BCUT2D eigenvalue weighted by atomic mass is 19.3. The first-order chi connectivity index (χ1) is 13.2. The number of halogens is 2. The molecule has 27 heavy (non-hydrogen) atoms. The molecule has 0 amide bonds. The second-order valence-electron chi connectivity index (χ2n) is 6.55. The normalized spacial score (nSPS) is 18.3. The summed E-state index contributed by atoms with van der Waals surface area (Å²) in [5.74, 6) is 1.82. The fraction of sp³-hybridized carbons (Fsp3) is 0.500. The van der Waals surface area contributed by atoms with Gasteiger partial charge in [0.15, 0.2) is 0 Å². The van der Waals surface area contributed by atoms with Crippen molar-refractivity contribution in [1.82, 2.24) is 15.0 Å². The molecular weight excluding hydrogens is 354 g/mol. The van der Waals surface area contributed by atoms with Gasteiger partial charge in [-0.2, -0.15) is 0 Å². The van der Waals surface area contributed by atoms with Crippen LogP contribution in [0, 0.1) is 0 Å². The third-order valence-corrected chi connectivity index (χ3v) is 4.93. The maximum Gasteiger partial charge on any atom is 0.280 e. The average Bonchev–Trinajstić information content (AvgIpc) is 2.75. The molecule has 4 heterocycles. The van der Waals surface area contributed by atoms with E-state index in [4.69, 9.17) is 4.74 Å². The Balaban J connectivity index is 1.41. The Hall–Kier alpha value is -2.55. The number of anilines is 3. The third-order valence-electron chi connectivity index (χ3n) is 4.93. The molecule has 0 unspecified atom stereocenters. The SMILES string of the molecule is FC(F)c1cc(N2CCN(c3cc(N4CCOCC4)ncn3)CC2)ccn1. The van der Waals surface area contributed by atoms with Crippen LogP contribution in [-0.2, 0) is 4.74 Å². The van der Waals surface area contributed by atoms with Gasteiger partial charge in [-0.15, -0.1) is 0 Å². The molecule has 2 aliphatic rings. The lowest BCUT2D eigenvalue weighted by Gasteiger charge is -2.37. The van der Waals surface area contributed by atoms with E-state index in [9.17, 15) is 8.78 Å². The molecule has 0 aliphatic carbocycles. The van der Waals surface area contributed by atoms with Crippen molar-refractivity contribution >= 4 is 17.3 Å². The summed E-state index contributed by atoms with van der Waals surface area (Å²) in [6, 6.07) is 5.27. The summed E-state index contributed by atoms with van der Waals surface area (Å²) in [5.41, 5.74) is 0.609. The molecule has 2 fully saturated rings. The summed E-state index contributed by atoms with van der Waals surface area (Å²) in [6.45, 7) is 6.11. The van der Waals surface area contributed by atoms with E-state index in [1.807, 2.05) is 6.07 Å². The van der Waals surface area contributed by atoms with Gasteiger partial charge >= 0.3 is 0 Å². The van der Waals surface area contributed by atoms with Gasteiger partial charge in [-0.05, 0) is 12.1 Å². The van der Waals surface area contributed by atoms with Crippen molar-refractivity contribution in [3.05, 3.63) is 36.4 Å². The quantitative estimate of drug-likeness (QED) is 0.809. The second kappa shape index (κ2) is 7.99. The summed E-state index contributed by atoms with van der Waals surface area (Å²) in [7, 11) is 0. The first-order valence-electron chi connectivity index (χ1n) is 9.09. The zero-order valence-electron chi connectivity index (χ0n) is 15.0. The Bertz CT molecular complexity index is 763. The molecule has 2 aromatic rings. The fourth-order valence-electron chi connectivity index (χ4n) is 3.42. The number of hydrogen-bond acceptors (Lipinski definition) is 7. The predicted octanol–water partition coefficient (Wildman–Crippen LogP) is 1.97. The Morgan fingerprint density at radius 2 is 1.44 bits per heavy atom. The van der Waals surface area contributed by atoms with Crippen LogP contribution in [0.5, 0.6) is 0 Å². The molecule has 0 spiro atoms. The highest BCUT2D eigenvalue weighted by Crippen LogP contribution is 2.24. The van der Waals surface area contributed by atoms with Crippen molar-refractivity contribution in [3.63, 3.8) is 0 Å². The molecule has 0 saturated carbocycles. The monoisotopic (exact) mass is 376 g/mol. The van der Waals surface area contributed by atoms with Gasteiger partial charge in [-0.25, -0.2) is 18.7 Å². The number of nitrogens with zero attached hydrogens (tertiary/aromatic N) is 6. The number of hydrogen-bond donors (Lipinski definition) is 0. The molecule has 0 radical (unpaired) electrons. The van der Waals surface area contributed by atoms with Crippen LogP contribution >= 0.6 is 0 Å². The Morgan fingerprint density at radius 3 is 2.11 bits per heavy atom. The van der Waals surface area contributed by atoms with Crippen molar-refractivity contribution in [1.29, 1.82) is 0 Å². The van der Waals surface area contributed by atoms with Crippen LogP contribution in [0.1, 0.15) is 12.1 Å². The molecule has 2 saturated heterocycles. The molecule has 9 heteroatoms. The predicted molar refractivity (Wildman–Crippen MR) is 98.7 cm³/mol. The van der Waals surface area contributed by atoms with Gasteiger partial charge in [0.25, 0.3) is 6.43 Å². The highest BCUT2D eigenvalue weighted by molar-refractivity contribution is 5.53. The van der Waals surface area contributed by atoms with Crippen LogP contribution in [0.25, 0.3) is 0 Å². The van der Waals surface area contributed by atoms with Crippen LogP contribution in [0.15, 0.2) is 30.7 Å². The zero-order chi connectivity index (χ0) is 18.6. The Kier molecular flexibility index (Phi) is 5.28. The highest BCUT2D eigenvalue weighted by Gasteiger charge is 2.21. The summed E-state index contributed by atoms with van der Waals surface area (Å²) < 4.78 is 31.1. The maximum atomic E-state index is 12.9. The number of aromatic nitrogens is 3. The van der Waals surface area contributed by atoms with E-state index in [-0.39, 0.29) is 5.69 Å². The van der Waals surface area contributed by atoms with E-state index in [2.05, 4.69) is 29.7 Å². The van der Waals surface area contributed by atoms with Gasteiger partial charge in [-0.3, -0.25) is 4.98 Å². The topological polar surface area (TPSA) is 57.6 Å². The number of alkyl halides is 2. The van der Waals surface area contributed by atoms with Crippen molar-refractivity contribution in [3.8, 4) is 0 Å². The molecule has 144 valence electrons. The number of ether oxygens (including phenoxy) is 1. The second-order valence-corrected chi connectivity index (χ2v) is 6.55. The van der Waals surface area contributed by atoms with Gasteiger partial charge in [0.1, 0.15) is 23.7 Å². The molecule has 4 rings (SSSR count). The van der Waals surface area contributed by atoms with Crippen LogP contribution in [-0.4, -0.2) is 67.4 Å². The van der Waals surface area contributed by atoms with Crippen LogP contribution < -0.4 is 14.7 Å². The van der Waals surface area contributed by atoms with Crippen molar-refractivity contribution < 1.29 is 13.5 Å². The lowest BCUT2D eigenvalue weighted by molar-refractivity contribution is 0.122. The van der Waals surface area contributed by atoms with Crippen LogP contribution in [0.2, 0.25) is 0 Å².